The third kappa shape index (κ3) is 40.7. The van der Waals surface area contributed by atoms with Gasteiger partial charge in [-0.05, 0) is 135 Å². The van der Waals surface area contributed by atoms with Gasteiger partial charge in [-0.25, -0.2) is 16.8 Å². The van der Waals surface area contributed by atoms with Gasteiger partial charge in [-0.3, -0.25) is 4.79 Å². The number of aliphatic hydroxyl groups is 2. The topological polar surface area (TPSA) is 190 Å². The fourth-order valence-electron chi connectivity index (χ4n) is 7.93. The van der Waals surface area contributed by atoms with Gasteiger partial charge < -0.3 is 28.8 Å². The van der Waals surface area contributed by atoms with Crippen molar-refractivity contribution >= 4 is 71.4 Å². The predicted molar refractivity (Wildman–Crippen MR) is 356 cm³/mol. The second-order valence-electron chi connectivity index (χ2n) is 20.5. The Bertz CT molecular complexity index is 2870. The average Bonchev–Trinajstić information content (AvgIpc) is 3.66. The van der Waals surface area contributed by atoms with E-state index in [2.05, 4.69) is 151 Å². The number of carbonyl (C=O) groups excluding carboxylic acids is 1. The maximum Gasteiger partial charge on any atom is 1.00 e. The van der Waals surface area contributed by atoms with Crippen molar-refractivity contribution < 1.29 is 110 Å². The van der Waals surface area contributed by atoms with Gasteiger partial charge in [0.25, 0.3) is 0 Å². The molecule has 0 spiro atoms. The molecule has 0 amide bonds. The van der Waals surface area contributed by atoms with Crippen LogP contribution in [0.2, 0.25) is 0 Å². The Labute approximate surface area is 587 Å². The molecule has 472 valence electrons. The van der Waals surface area contributed by atoms with Gasteiger partial charge in [0.05, 0.1) is 34.6 Å². The fourth-order valence-corrected chi connectivity index (χ4v) is 8.76. The molecule has 5 unspecified atom stereocenters. The molecule has 0 heterocycles. The summed E-state index contributed by atoms with van der Waals surface area (Å²) in [7, 11) is -8.16. The van der Waals surface area contributed by atoms with Crippen molar-refractivity contribution in [2.45, 2.75) is 176 Å². The smallest absolute Gasteiger partial charge is 0.748 e. The molecule has 2 N–H and O–H groups in total. The van der Waals surface area contributed by atoms with Crippen LogP contribution in [0.15, 0.2) is 152 Å². The summed E-state index contributed by atoms with van der Waals surface area (Å²) in [5.41, 5.74) is 14.1. The summed E-state index contributed by atoms with van der Waals surface area (Å²) in [5, 5.41) is 18.0. The molecule has 0 saturated heterocycles. The van der Waals surface area contributed by atoms with Crippen molar-refractivity contribution in [2.24, 2.45) is 0 Å². The molecule has 18 heteroatoms. The van der Waals surface area contributed by atoms with Crippen LogP contribution in [0.4, 0.5) is 0 Å². The largest absolute Gasteiger partial charge is 1.00 e. The Balaban J connectivity index is -0.00000104. The van der Waals surface area contributed by atoms with Crippen LogP contribution in [0.5, 0.6) is 0 Å². The molecule has 0 aliphatic rings. The van der Waals surface area contributed by atoms with Gasteiger partial charge in [-0.15, -0.1) is 23.2 Å². The molecule has 0 aromatic heterocycles. The Morgan fingerprint density at radius 1 is 0.540 bits per heavy atom. The van der Waals surface area contributed by atoms with Gasteiger partial charge in [0, 0.05) is 31.0 Å². The van der Waals surface area contributed by atoms with Gasteiger partial charge in [-0.1, -0.05) is 237 Å². The Morgan fingerprint density at radius 3 is 1.16 bits per heavy atom. The minimum absolute atomic E-state index is 0. The third-order valence-corrected chi connectivity index (χ3v) is 17.4. The van der Waals surface area contributed by atoms with E-state index in [-0.39, 0.29) is 105 Å². The molecular weight excluding hydrogens is 1270 g/mol. The summed E-state index contributed by atoms with van der Waals surface area (Å²) in [4.78, 5) is 10.6. The number of esters is 1. The van der Waals surface area contributed by atoms with E-state index < -0.39 is 24.9 Å². The SMILES string of the molecule is C.C=Cc1ccc(CCl)cc1.CCC(C)c1ccc(CCl)cc1.CCC(C)c1ccc(CO)cc1.CCC(C)c1ccc(COC(C)=O)cc1.CCC(CC(C)c1ccc(COCCCS(=O)(=O)[O-])cc1)c1ccc(CO)cc1.O=S(=O)([O-])CBr.[Na+].[Na+]. The summed E-state index contributed by atoms with van der Waals surface area (Å²) in [6.45, 7) is 24.0. The van der Waals surface area contributed by atoms with Crippen molar-refractivity contribution in [3.05, 3.63) is 219 Å². The standard InChI is InChI=1S/C23H32O5S.C13H18O2.C11H15Cl.C11H16O.C9H9Cl.CH3BrO3S.CH4.2Na/c1-3-21(23-11-5-19(16-24)6-12-23)15-18(2)22-9-7-20(8-10-22)17-28-13-4-14-29(25,26)27;1-4-10(2)13-7-5-12(6-8-13)9-15-11(3)14;2*1-3-9(2)11-6-4-10(8-12)5-7-11;1-2-8-3-5-9(7-10)6-4-8;2-1-6(3,4)5;;;/h5-12,18,21,24H,3-4,13-17H2,1-2H3,(H,25,26,27);5-8,10H,4,9H2,1-3H3;4-7,9H,3,8H2,1-2H3;4-7,9,12H,3,8H2,1-2H3;2-6H,1,7H2;1H2,(H,3,4,5);1H4;;/q;;;;;;;2*+1/p-2. The summed E-state index contributed by atoms with van der Waals surface area (Å²) in [6, 6.07) is 49.5. The maximum absolute atomic E-state index is 10.6. The number of rotatable bonds is 25. The molecular formula is C69H95BrCl2Na2O11S2. The fraction of sp³-hybridized carbons (Fsp3) is 0.435. The van der Waals surface area contributed by atoms with Crippen LogP contribution in [-0.4, -0.2) is 59.1 Å². The third-order valence-electron chi connectivity index (χ3n) is 14.0. The van der Waals surface area contributed by atoms with Gasteiger partial charge >= 0.3 is 65.1 Å². The number of benzene rings is 6. The van der Waals surface area contributed by atoms with E-state index in [9.17, 15) is 35.8 Å². The van der Waals surface area contributed by atoms with Crippen LogP contribution in [0.1, 0.15) is 205 Å². The molecule has 6 aromatic carbocycles. The molecule has 0 fully saturated rings. The molecule has 87 heavy (non-hydrogen) atoms. The average molecular weight is 1360 g/mol. The summed E-state index contributed by atoms with van der Waals surface area (Å²) in [6.07, 6.45) is 7.65. The molecule has 6 aromatic rings. The van der Waals surface area contributed by atoms with Gasteiger partial charge in [0.2, 0.25) is 0 Å². The molecule has 5 atom stereocenters. The molecule has 6 rings (SSSR count). The van der Waals surface area contributed by atoms with Crippen LogP contribution in [0.3, 0.4) is 0 Å². The first-order valence-electron chi connectivity index (χ1n) is 28.6. The van der Waals surface area contributed by atoms with Crippen LogP contribution >= 0.6 is 39.1 Å². The van der Waals surface area contributed by atoms with E-state index in [1.54, 1.807) is 0 Å². The number of aliphatic hydroxyl groups excluding tert-OH is 2. The Morgan fingerprint density at radius 2 is 0.862 bits per heavy atom. The van der Waals surface area contributed by atoms with Crippen LogP contribution in [0, 0.1) is 0 Å². The zero-order valence-electron chi connectivity index (χ0n) is 52.7. The monoisotopic (exact) mass is 1360 g/mol. The molecule has 0 aliphatic heterocycles. The van der Waals surface area contributed by atoms with E-state index in [1.165, 1.54) is 53.1 Å². The maximum atomic E-state index is 10.6. The second kappa shape index (κ2) is 50.9. The first-order chi connectivity index (χ1) is 39.9. The van der Waals surface area contributed by atoms with Gasteiger partial charge in [-0.2, -0.15) is 0 Å². The van der Waals surface area contributed by atoms with E-state index in [0.29, 0.717) is 54.6 Å². The molecule has 0 bridgehead atoms. The van der Waals surface area contributed by atoms with Crippen LogP contribution < -0.4 is 59.1 Å². The molecule has 0 radical (unpaired) electrons. The summed E-state index contributed by atoms with van der Waals surface area (Å²) in [5.74, 6) is 3.33. The minimum Gasteiger partial charge on any atom is -0.748 e. The van der Waals surface area contributed by atoms with E-state index >= 15 is 0 Å². The van der Waals surface area contributed by atoms with E-state index in [1.807, 2.05) is 78.9 Å². The zero-order valence-corrected chi connectivity index (χ0v) is 61.4. The minimum atomic E-state index is -4.16. The summed E-state index contributed by atoms with van der Waals surface area (Å²) >= 11 is 13.8. The normalized spacial score (nSPS) is 12.2. The van der Waals surface area contributed by atoms with E-state index in [0.717, 1.165) is 52.6 Å². The van der Waals surface area contributed by atoms with Crippen molar-refractivity contribution in [2.75, 3.05) is 17.0 Å². The number of carbonyl (C=O) groups is 1. The Kier molecular flexibility index (Phi) is 51.7. The van der Waals surface area contributed by atoms with Gasteiger partial charge in [0.15, 0.2) is 0 Å². The Hall–Kier alpha value is -2.71. The zero-order chi connectivity index (χ0) is 63.1. The first-order valence-corrected chi connectivity index (χ1v) is 33.9. The summed E-state index contributed by atoms with van der Waals surface area (Å²) < 4.78 is 69.7. The molecule has 0 saturated carbocycles. The van der Waals surface area contributed by atoms with Crippen molar-refractivity contribution in [3.8, 4) is 0 Å². The first kappa shape index (κ1) is 88.5. The number of ether oxygens (including phenoxy) is 2. The van der Waals surface area contributed by atoms with Crippen molar-refractivity contribution in [3.63, 3.8) is 0 Å². The number of halogens is 3. The second-order valence-corrected chi connectivity index (χ2v) is 25.3. The molecule has 0 aliphatic carbocycles. The van der Waals surface area contributed by atoms with E-state index in [4.69, 9.17) is 37.8 Å². The van der Waals surface area contributed by atoms with Crippen molar-refractivity contribution in [1.29, 1.82) is 0 Å². The predicted octanol–water partition coefficient (Wildman–Crippen LogP) is 11.8. The van der Waals surface area contributed by atoms with Crippen LogP contribution in [0.25, 0.3) is 6.08 Å². The quantitative estimate of drug-likeness (QED) is 0.0182. The van der Waals surface area contributed by atoms with Crippen molar-refractivity contribution in [1.82, 2.24) is 0 Å². The number of alkyl halides is 3. The number of hydrogen-bond acceptors (Lipinski definition) is 11. The van der Waals surface area contributed by atoms with Crippen LogP contribution in [-0.2, 0) is 72.7 Å². The van der Waals surface area contributed by atoms with Gasteiger partial charge in [0.1, 0.15) is 16.7 Å². The molecule has 11 nitrogen and oxygen atoms in total. The number of hydrogen-bond donors (Lipinski definition) is 2.